The Balaban J connectivity index is 1.54. The van der Waals surface area contributed by atoms with E-state index in [0.29, 0.717) is 0 Å². The number of urea groups is 1. The van der Waals surface area contributed by atoms with Crippen LogP contribution in [-0.2, 0) is 9.59 Å². The number of anilines is 1. The van der Waals surface area contributed by atoms with E-state index in [1.165, 1.54) is 11.3 Å². The highest BCUT2D eigenvalue weighted by atomic mass is 16.2. The summed E-state index contributed by atoms with van der Waals surface area (Å²) in [6.45, 7) is 1.95. The minimum atomic E-state index is -0.259. The van der Waals surface area contributed by atoms with Crippen LogP contribution in [-0.4, -0.2) is 46.3 Å². The topological polar surface area (TPSA) is 69.7 Å². The molecule has 1 N–H and O–H groups in total. The van der Waals surface area contributed by atoms with Crippen molar-refractivity contribution < 1.29 is 14.4 Å². The summed E-state index contributed by atoms with van der Waals surface area (Å²) in [5.41, 5.74) is 1.75. The highest BCUT2D eigenvalue weighted by Gasteiger charge is 2.49. The Kier molecular flexibility index (Phi) is 5.88. The molecule has 29 heavy (non-hydrogen) atoms. The quantitative estimate of drug-likeness (QED) is 0.832. The molecule has 1 saturated heterocycles. The minimum Gasteiger partial charge on any atom is -0.324 e. The van der Waals surface area contributed by atoms with Gasteiger partial charge in [-0.15, -0.1) is 0 Å². The van der Waals surface area contributed by atoms with Gasteiger partial charge in [0.2, 0.25) is 11.8 Å². The zero-order valence-electron chi connectivity index (χ0n) is 17.2. The molecule has 2 unspecified atom stereocenters. The molecule has 3 aliphatic rings. The fourth-order valence-electron chi connectivity index (χ4n) is 5.24. The minimum absolute atomic E-state index is 0.00200. The molecule has 2 aliphatic carbocycles. The summed E-state index contributed by atoms with van der Waals surface area (Å²) < 4.78 is 0. The van der Waals surface area contributed by atoms with Crippen LogP contribution in [0.1, 0.15) is 63.4 Å². The number of aryl methyl sites for hydroxylation is 1. The van der Waals surface area contributed by atoms with Gasteiger partial charge in [0.15, 0.2) is 0 Å². The van der Waals surface area contributed by atoms with Gasteiger partial charge in [-0.1, -0.05) is 50.3 Å². The van der Waals surface area contributed by atoms with Gasteiger partial charge in [0, 0.05) is 17.8 Å². The number of carbonyl (C=O) groups is 3. The first-order valence-electron chi connectivity index (χ1n) is 11.1. The lowest BCUT2D eigenvalue weighted by Crippen LogP contribution is -2.65. The summed E-state index contributed by atoms with van der Waals surface area (Å²) >= 11 is 0. The van der Waals surface area contributed by atoms with Crippen molar-refractivity contribution >= 4 is 23.5 Å². The molecule has 2 saturated carbocycles. The Bertz CT molecular complexity index is 787. The number of fused-ring (bicyclic) bond motifs is 1. The number of carbonyl (C=O) groups excluding carboxylic acids is 3. The number of amides is 4. The van der Waals surface area contributed by atoms with Gasteiger partial charge in [-0.2, -0.15) is 0 Å². The third kappa shape index (κ3) is 4.02. The van der Waals surface area contributed by atoms with Crippen LogP contribution in [0.4, 0.5) is 10.5 Å². The predicted octanol–water partition coefficient (Wildman–Crippen LogP) is 4.09. The maximum absolute atomic E-state index is 13.4. The van der Waals surface area contributed by atoms with Crippen LogP contribution in [0.15, 0.2) is 24.3 Å². The van der Waals surface area contributed by atoms with Gasteiger partial charge in [-0.05, 0) is 44.2 Å². The van der Waals surface area contributed by atoms with Crippen molar-refractivity contribution in [2.75, 3.05) is 11.9 Å². The van der Waals surface area contributed by atoms with Gasteiger partial charge in [0.25, 0.3) is 0 Å². The Morgan fingerprint density at radius 1 is 1.00 bits per heavy atom. The monoisotopic (exact) mass is 397 g/mol. The molecular formula is C23H31N3O3. The molecule has 0 bridgehead atoms. The summed E-state index contributed by atoms with van der Waals surface area (Å²) in [6.07, 6.45) is 8.70. The van der Waals surface area contributed by atoms with E-state index in [9.17, 15) is 14.4 Å². The maximum atomic E-state index is 13.4. The van der Waals surface area contributed by atoms with E-state index in [-0.39, 0.29) is 42.4 Å². The summed E-state index contributed by atoms with van der Waals surface area (Å²) in [6, 6.07) is 7.22. The van der Waals surface area contributed by atoms with Crippen molar-refractivity contribution in [1.29, 1.82) is 0 Å². The van der Waals surface area contributed by atoms with Crippen molar-refractivity contribution in [3.05, 3.63) is 29.8 Å². The third-order valence-electron chi connectivity index (χ3n) is 6.81. The van der Waals surface area contributed by atoms with Crippen molar-refractivity contribution in [1.82, 2.24) is 9.80 Å². The number of imide groups is 1. The van der Waals surface area contributed by atoms with Gasteiger partial charge >= 0.3 is 6.03 Å². The van der Waals surface area contributed by atoms with Gasteiger partial charge < -0.3 is 10.2 Å². The molecule has 3 fully saturated rings. The number of nitrogens with zero attached hydrogens (tertiary/aromatic N) is 2. The van der Waals surface area contributed by atoms with E-state index in [4.69, 9.17) is 0 Å². The predicted molar refractivity (Wildman–Crippen MR) is 111 cm³/mol. The molecule has 0 aromatic heterocycles. The molecule has 0 spiro atoms. The van der Waals surface area contributed by atoms with E-state index in [2.05, 4.69) is 5.32 Å². The second kappa shape index (κ2) is 8.56. The Hall–Kier alpha value is -2.37. The number of rotatable bonds is 4. The fraction of sp³-hybridized carbons (Fsp3) is 0.609. The SMILES string of the molecule is Cc1ccccc1NC(=O)CN1C(=O)N(C2CCCCC2)C(=O)C2CCCCC21. The Morgan fingerprint density at radius 3 is 2.45 bits per heavy atom. The Morgan fingerprint density at radius 2 is 1.69 bits per heavy atom. The molecule has 1 aromatic rings. The van der Waals surface area contributed by atoms with E-state index in [0.717, 1.165) is 62.6 Å². The highest BCUT2D eigenvalue weighted by molar-refractivity contribution is 6.02. The van der Waals surface area contributed by atoms with Crippen molar-refractivity contribution in [3.63, 3.8) is 0 Å². The second-order valence-corrected chi connectivity index (χ2v) is 8.73. The number of hydrogen-bond donors (Lipinski definition) is 1. The van der Waals surface area contributed by atoms with Crippen LogP contribution >= 0.6 is 0 Å². The summed E-state index contributed by atoms with van der Waals surface area (Å²) in [7, 11) is 0. The molecule has 6 heteroatoms. The smallest absolute Gasteiger partial charge is 0.324 e. The lowest BCUT2D eigenvalue weighted by Gasteiger charge is -2.49. The van der Waals surface area contributed by atoms with Gasteiger partial charge in [0.05, 0.1) is 5.92 Å². The molecular weight excluding hydrogens is 366 g/mol. The van der Waals surface area contributed by atoms with E-state index in [1.54, 1.807) is 4.90 Å². The number of para-hydroxylation sites is 1. The third-order valence-corrected chi connectivity index (χ3v) is 6.81. The average Bonchev–Trinajstić information content (AvgIpc) is 2.74. The molecule has 2 atom stereocenters. The fourth-order valence-corrected chi connectivity index (χ4v) is 5.24. The summed E-state index contributed by atoms with van der Waals surface area (Å²) in [5.74, 6) is -0.355. The molecule has 4 amide bonds. The normalized spacial score (nSPS) is 25.7. The molecule has 0 radical (unpaired) electrons. The lowest BCUT2D eigenvalue weighted by molar-refractivity contribution is -0.144. The first-order valence-corrected chi connectivity index (χ1v) is 11.1. The molecule has 1 aromatic carbocycles. The number of benzene rings is 1. The second-order valence-electron chi connectivity index (χ2n) is 8.73. The largest absolute Gasteiger partial charge is 0.327 e. The number of nitrogens with one attached hydrogen (secondary N) is 1. The van der Waals surface area contributed by atoms with Gasteiger partial charge in [-0.25, -0.2) is 4.79 Å². The van der Waals surface area contributed by atoms with E-state index < -0.39 is 0 Å². The van der Waals surface area contributed by atoms with E-state index >= 15 is 0 Å². The van der Waals surface area contributed by atoms with Crippen LogP contribution in [0, 0.1) is 12.8 Å². The molecule has 1 heterocycles. The first-order chi connectivity index (χ1) is 14.1. The standard InChI is InChI=1S/C23H31N3O3/c1-16-9-5-7-13-19(16)24-21(27)15-25-20-14-8-6-12-18(20)22(28)26(23(25)29)17-10-3-2-4-11-17/h5,7,9,13,17-18,20H,2-4,6,8,10-12,14-15H2,1H3,(H,24,27). The van der Waals surface area contributed by atoms with E-state index in [1.807, 2.05) is 31.2 Å². The molecule has 1 aliphatic heterocycles. The van der Waals surface area contributed by atoms with Gasteiger partial charge in [-0.3, -0.25) is 14.5 Å². The van der Waals surface area contributed by atoms with Crippen LogP contribution in [0.25, 0.3) is 0 Å². The molecule has 156 valence electrons. The van der Waals surface area contributed by atoms with Crippen LogP contribution in [0.2, 0.25) is 0 Å². The highest BCUT2D eigenvalue weighted by Crippen LogP contribution is 2.37. The molecule has 6 nitrogen and oxygen atoms in total. The van der Waals surface area contributed by atoms with Crippen molar-refractivity contribution in [3.8, 4) is 0 Å². The summed E-state index contributed by atoms with van der Waals surface area (Å²) in [4.78, 5) is 42.6. The summed E-state index contributed by atoms with van der Waals surface area (Å²) in [5, 5.41) is 2.94. The lowest BCUT2D eigenvalue weighted by atomic mass is 9.80. The zero-order valence-corrected chi connectivity index (χ0v) is 17.2. The van der Waals surface area contributed by atoms with Crippen LogP contribution < -0.4 is 5.32 Å². The maximum Gasteiger partial charge on any atom is 0.327 e. The zero-order chi connectivity index (χ0) is 20.4. The number of hydrogen-bond acceptors (Lipinski definition) is 3. The average molecular weight is 398 g/mol. The van der Waals surface area contributed by atoms with Crippen molar-refractivity contribution in [2.24, 2.45) is 5.92 Å². The first kappa shape index (κ1) is 19.9. The van der Waals surface area contributed by atoms with Crippen LogP contribution in [0.5, 0.6) is 0 Å². The van der Waals surface area contributed by atoms with Gasteiger partial charge in [0.1, 0.15) is 6.54 Å². The molecule has 4 rings (SSSR count). The van der Waals surface area contributed by atoms with Crippen molar-refractivity contribution in [2.45, 2.75) is 76.8 Å². The van der Waals surface area contributed by atoms with Crippen LogP contribution in [0.3, 0.4) is 0 Å². The Labute approximate surface area is 172 Å².